The van der Waals surface area contributed by atoms with Crippen molar-refractivity contribution in [3.05, 3.63) is 78.1 Å². The highest BCUT2D eigenvalue weighted by molar-refractivity contribution is 5.84. The molecule has 4 nitrogen and oxygen atoms in total. The van der Waals surface area contributed by atoms with Gasteiger partial charge in [0.05, 0.1) is 11.1 Å². The average Bonchev–Trinajstić information content (AvgIpc) is 3.53. The molecule has 4 aromatic rings. The van der Waals surface area contributed by atoms with E-state index >= 15 is 0 Å². The van der Waals surface area contributed by atoms with E-state index in [1.54, 1.807) is 18.2 Å². The molecule has 0 N–H and O–H groups in total. The third kappa shape index (κ3) is 4.61. The van der Waals surface area contributed by atoms with Crippen molar-refractivity contribution in [2.75, 3.05) is 13.1 Å². The van der Waals surface area contributed by atoms with Gasteiger partial charge in [-0.2, -0.15) is 13.2 Å². The molecule has 0 radical (unpaired) electrons. The van der Waals surface area contributed by atoms with E-state index in [1.165, 1.54) is 18.2 Å². The van der Waals surface area contributed by atoms with Gasteiger partial charge in [0.1, 0.15) is 17.2 Å². The van der Waals surface area contributed by atoms with Gasteiger partial charge < -0.3 is 9.47 Å². The fourth-order valence-electron chi connectivity index (χ4n) is 5.26. The molecule has 0 bridgehead atoms. The lowest BCUT2D eigenvalue weighted by molar-refractivity contribution is -0.136. The van der Waals surface area contributed by atoms with Gasteiger partial charge in [-0.3, -0.25) is 4.79 Å². The summed E-state index contributed by atoms with van der Waals surface area (Å²) in [5.41, 5.74) is 2.00. The predicted octanol–water partition coefficient (Wildman–Crippen LogP) is 6.79. The molecule has 0 unspecified atom stereocenters. The number of fused-ring (bicyclic) bond motifs is 1. The first-order valence-electron chi connectivity index (χ1n) is 12.5. The summed E-state index contributed by atoms with van der Waals surface area (Å²) in [6, 6.07) is 17.7. The fraction of sp³-hybridized carbons (Fsp3) is 0.310. The van der Waals surface area contributed by atoms with Crippen molar-refractivity contribution in [1.82, 2.24) is 14.5 Å². The second-order valence-corrected chi connectivity index (χ2v) is 10.0. The number of alkyl halides is 3. The zero-order valence-electron chi connectivity index (χ0n) is 20.0. The van der Waals surface area contributed by atoms with Crippen molar-refractivity contribution in [3.8, 4) is 22.5 Å². The van der Waals surface area contributed by atoms with Crippen LogP contribution in [-0.4, -0.2) is 33.4 Å². The third-order valence-electron chi connectivity index (χ3n) is 7.37. The standard InChI is InChI=1S/C29H25F4N3O/c30-23-12-10-20(11-13-23)19-4-6-21(7-5-19)27-34-26-24(29(31,32)33)2-1-3-25(26)36(27)17-18-14-15-35(16-18)28(37)22-8-9-22/h1-7,10-13,18,22H,8-9,14-17H2/t18-/m1/s1. The van der Waals surface area contributed by atoms with E-state index in [1.807, 2.05) is 33.7 Å². The number of likely N-dealkylation sites (tertiary alicyclic amines) is 1. The second-order valence-electron chi connectivity index (χ2n) is 10.0. The number of imidazole rings is 1. The van der Waals surface area contributed by atoms with Crippen LogP contribution in [0.3, 0.4) is 0 Å². The number of carbonyl (C=O) groups is 1. The summed E-state index contributed by atoms with van der Waals surface area (Å²) in [6.45, 7) is 1.76. The maximum atomic E-state index is 13.8. The maximum Gasteiger partial charge on any atom is 0.418 e. The van der Waals surface area contributed by atoms with E-state index in [9.17, 15) is 22.4 Å². The van der Waals surface area contributed by atoms with Crippen LogP contribution in [0.1, 0.15) is 24.8 Å². The van der Waals surface area contributed by atoms with E-state index in [0.29, 0.717) is 36.5 Å². The maximum absolute atomic E-state index is 13.8. The molecule has 0 spiro atoms. The minimum absolute atomic E-state index is 0.0727. The highest BCUT2D eigenvalue weighted by Crippen LogP contribution is 2.38. The molecule has 3 aromatic carbocycles. The number of hydrogen-bond donors (Lipinski definition) is 0. The van der Waals surface area contributed by atoms with Crippen LogP contribution in [0.5, 0.6) is 0 Å². The Morgan fingerprint density at radius 2 is 1.54 bits per heavy atom. The smallest absolute Gasteiger partial charge is 0.342 e. The van der Waals surface area contributed by atoms with Gasteiger partial charge in [0, 0.05) is 31.1 Å². The van der Waals surface area contributed by atoms with E-state index in [-0.39, 0.29) is 29.1 Å². The van der Waals surface area contributed by atoms with Crippen molar-refractivity contribution in [2.45, 2.75) is 32.0 Å². The molecule has 1 saturated heterocycles. The first kappa shape index (κ1) is 23.7. The van der Waals surface area contributed by atoms with E-state index in [2.05, 4.69) is 4.98 Å². The highest BCUT2D eigenvalue weighted by atomic mass is 19.4. The zero-order chi connectivity index (χ0) is 25.7. The summed E-state index contributed by atoms with van der Waals surface area (Å²) in [4.78, 5) is 19.0. The van der Waals surface area contributed by atoms with Gasteiger partial charge in [-0.15, -0.1) is 0 Å². The molecule has 8 heteroatoms. The van der Waals surface area contributed by atoms with Crippen molar-refractivity contribution >= 4 is 16.9 Å². The molecule has 2 heterocycles. The van der Waals surface area contributed by atoms with Crippen LogP contribution in [0.2, 0.25) is 0 Å². The number of carbonyl (C=O) groups excluding carboxylic acids is 1. The van der Waals surface area contributed by atoms with Crippen molar-refractivity contribution in [1.29, 1.82) is 0 Å². The Morgan fingerprint density at radius 3 is 2.19 bits per heavy atom. The van der Waals surface area contributed by atoms with Crippen LogP contribution in [0.25, 0.3) is 33.5 Å². The van der Waals surface area contributed by atoms with Gasteiger partial charge in [-0.05, 0) is 60.6 Å². The summed E-state index contributed by atoms with van der Waals surface area (Å²) in [6.07, 6.45) is -1.82. The zero-order valence-corrected chi connectivity index (χ0v) is 20.0. The van der Waals surface area contributed by atoms with Crippen LogP contribution in [0, 0.1) is 17.7 Å². The number of nitrogens with zero attached hydrogens (tertiary/aromatic N) is 3. The Morgan fingerprint density at radius 1 is 0.892 bits per heavy atom. The van der Waals surface area contributed by atoms with Crippen LogP contribution >= 0.6 is 0 Å². The SMILES string of the molecule is O=C(C1CC1)N1CC[C@@H](Cn2c(-c3ccc(-c4ccc(F)cc4)cc3)nc3c(C(F)(F)F)cccc32)C1. The molecule has 1 amide bonds. The number of hydrogen-bond acceptors (Lipinski definition) is 2. The molecule has 1 aromatic heterocycles. The van der Waals surface area contributed by atoms with Gasteiger partial charge in [-0.1, -0.05) is 42.5 Å². The Labute approximate surface area is 211 Å². The molecular weight excluding hydrogens is 482 g/mol. The number of aromatic nitrogens is 2. The monoisotopic (exact) mass is 507 g/mol. The summed E-state index contributed by atoms with van der Waals surface area (Å²) in [5, 5.41) is 0. The number of para-hydroxylation sites is 1. The number of benzene rings is 3. The number of halogens is 4. The van der Waals surface area contributed by atoms with Crippen molar-refractivity contribution in [3.63, 3.8) is 0 Å². The molecule has 2 fully saturated rings. The summed E-state index contributed by atoms with van der Waals surface area (Å²) in [7, 11) is 0. The third-order valence-corrected chi connectivity index (χ3v) is 7.37. The topological polar surface area (TPSA) is 38.1 Å². The summed E-state index contributed by atoms with van der Waals surface area (Å²) in [5.74, 6) is 0.626. The Hall–Kier alpha value is -3.68. The van der Waals surface area contributed by atoms with Gasteiger partial charge >= 0.3 is 6.18 Å². The molecular formula is C29H25F4N3O. The highest BCUT2D eigenvalue weighted by Gasteiger charge is 2.38. The van der Waals surface area contributed by atoms with Crippen LogP contribution < -0.4 is 0 Å². The normalized spacial score (nSPS) is 18.1. The average molecular weight is 508 g/mol. The summed E-state index contributed by atoms with van der Waals surface area (Å²) < 4.78 is 56.7. The van der Waals surface area contributed by atoms with Crippen LogP contribution in [-0.2, 0) is 17.5 Å². The Kier molecular flexibility index (Phi) is 5.77. The lowest BCUT2D eigenvalue weighted by Crippen LogP contribution is -2.30. The fourth-order valence-corrected chi connectivity index (χ4v) is 5.26. The van der Waals surface area contributed by atoms with Gasteiger partial charge in [0.15, 0.2) is 0 Å². The molecule has 1 atom stereocenters. The lowest BCUT2D eigenvalue weighted by Gasteiger charge is -2.18. The minimum Gasteiger partial charge on any atom is -0.342 e. The van der Waals surface area contributed by atoms with E-state index in [4.69, 9.17) is 0 Å². The minimum atomic E-state index is -4.52. The summed E-state index contributed by atoms with van der Waals surface area (Å²) >= 11 is 0. The van der Waals surface area contributed by atoms with E-state index < -0.39 is 11.7 Å². The van der Waals surface area contributed by atoms with Crippen molar-refractivity contribution < 1.29 is 22.4 Å². The van der Waals surface area contributed by atoms with Crippen LogP contribution in [0.4, 0.5) is 17.6 Å². The lowest BCUT2D eigenvalue weighted by atomic mass is 10.0. The Balaban J connectivity index is 1.37. The first-order valence-corrected chi connectivity index (χ1v) is 12.5. The van der Waals surface area contributed by atoms with Gasteiger partial charge in [0.25, 0.3) is 0 Å². The van der Waals surface area contributed by atoms with Crippen molar-refractivity contribution in [2.24, 2.45) is 11.8 Å². The molecule has 1 aliphatic heterocycles. The van der Waals surface area contributed by atoms with Gasteiger partial charge in [-0.25, -0.2) is 9.37 Å². The molecule has 190 valence electrons. The molecule has 1 aliphatic carbocycles. The first-order chi connectivity index (χ1) is 17.8. The molecule has 37 heavy (non-hydrogen) atoms. The second kappa shape index (κ2) is 9.01. The number of rotatable bonds is 5. The Bertz CT molecular complexity index is 1450. The molecule has 2 aliphatic rings. The van der Waals surface area contributed by atoms with Crippen LogP contribution in [0.15, 0.2) is 66.7 Å². The van der Waals surface area contributed by atoms with E-state index in [0.717, 1.165) is 36.5 Å². The predicted molar refractivity (Wildman–Crippen MR) is 133 cm³/mol. The molecule has 6 rings (SSSR count). The molecule has 1 saturated carbocycles. The largest absolute Gasteiger partial charge is 0.418 e. The number of amides is 1. The van der Waals surface area contributed by atoms with Gasteiger partial charge in [0.2, 0.25) is 5.91 Å². The quantitative estimate of drug-likeness (QED) is 0.279.